The zero-order valence-electron chi connectivity index (χ0n) is 8.25. The fourth-order valence-electron chi connectivity index (χ4n) is 1.39. The first-order chi connectivity index (χ1) is 6.24. The summed E-state index contributed by atoms with van der Waals surface area (Å²) in [7, 11) is 1.72. The smallest absolute Gasteiger partial charge is 0.0918 e. The number of hydrogen-bond acceptors (Lipinski definition) is 3. The van der Waals surface area contributed by atoms with Crippen molar-refractivity contribution >= 4 is 5.84 Å². The number of amidine groups is 1. The van der Waals surface area contributed by atoms with Crippen molar-refractivity contribution in [1.29, 1.82) is 5.41 Å². The molecule has 3 N–H and O–H groups in total. The zero-order chi connectivity index (χ0) is 9.68. The molecular formula is C9H19N3O. The molecule has 0 aromatic heterocycles. The van der Waals surface area contributed by atoms with E-state index in [9.17, 15) is 0 Å². The molecule has 1 rings (SSSR count). The Morgan fingerprint density at radius 1 is 1.54 bits per heavy atom. The highest BCUT2D eigenvalue weighted by Crippen LogP contribution is 2.26. The van der Waals surface area contributed by atoms with E-state index < -0.39 is 0 Å². The van der Waals surface area contributed by atoms with Gasteiger partial charge in [-0.2, -0.15) is 0 Å². The normalized spacial score (nSPS) is 16.5. The predicted octanol–water partition coefficient (Wildman–Crippen LogP) is 0.423. The highest BCUT2D eigenvalue weighted by atomic mass is 16.5. The number of nitrogens with one attached hydrogen (secondary N) is 1. The summed E-state index contributed by atoms with van der Waals surface area (Å²) in [4.78, 5) is 2.37. The number of ether oxygens (including phenoxy) is 1. The highest BCUT2D eigenvalue weighted by molar-refractivity contribution is 5.76. The maximum Gasteiger partial charge on any atom is 0.0918 e. The zero-order valence-corrected chi connectivity index (χ0v) is 8.25. The molecule has 0 atom stereocenters. The van der Waals surface area contributed by atoms with Crippen LogP contribution in [0.25, 0.3) is 0 Å². The molecule has 1 aliphatic carbocycles. The molecular weight excluding hydrogens is 166 g/mol. The second-order valence-electron chi connectivity index (χ2n) is 3.54. The first kappa shape index (κ1) is 10.5. The van der Waals surface area contributed by atoms with Crippen LogP contribution in [0.3, 0.4) is 0 Å². The lowest BCUT2D eigenvalue weighted by Gasteiger charge is -2.20. The van der Waals surface area contributed by atoms with Gasteiger partial charge in [0.25, 0.3) is 0 Å². The number of methoxy groups -OCH3 is 1. The van der Waals surface area contributed by atoms with Gasteiger partial charge in [0, 0.05) is 32.7 Å². The minimum absolute atomic E-state index is 0.281. The summed E-state index contributed by atoms with van der Waals surface area (Å²) in [5.41, 5.74) is 5.32. The molecule has 76 valence electrons. The van der Waals surface area contributed by atoms with Gasteiger partial charge in [-0.25, -0.2) is 0 Å². The molecule has 13 heavy (non-hydrogen) atoms. The molecule has 4 heteroatoms. The van der Waals surface area contributed by atoms with Crippen molar-refractivity contribution in [3.63, 3.8) is 0 Å². The highest BCUT2D eigenvalue weighted by Gasteiger charge is 2.28. The van der Waals surface area contributed by atoms with Crippen LogP contribution < -0.4 is 5.73 Å². The van der Waals surface area contributed by atoms with Crippen LogP contribution in [-0.2, 0) is 4.74 Å². The lowest BCUT2D eigenvalue weighted by Crippen LogP contribution is -2.32. The van der Waals surface area contributed by atoms with Crippen molar-refractivity contribution in [2.24, 2.45) is 5.73 Å². The van der Waals surface area contributed by atoms with Gasteiger partial charge in [0.1, 0.15) is 0 Å². The minimum Gasteiger partial charge on any atom is -0.388 e. The first-order valence-electron chi connectivity index (χ1n) is 4.80. The molecule has 0 unspecified atom stereocenters. The van der Waals surface area contributed by atoms with Gasteiger partial charge in [-0.3, -0.25) is 10.3 Å². The molecule has 0 aliphatic heterocycles. The summed E-state index contributed by atoms with van der Waals surface area (Å²) in [6.07, 6.45) is 3.27. The minimum atomic E-state index is 0.281. The van der Waals surface area contributed by atoms with Crippen LogP contribution in [0.4, 0.5) is 0 Å². The van der Waals surface area contributed by atoms with Gasteiger partial charge in [-0.05, 0) is 12.8 Å². The Bertz CT molecular complexity index is 168. The number of nitrogens with two attached hydrogens (primary N) is 1. The third-order valence-electron chi connectivity index (χ3n) is 2.31. The summed E-state index contributed by atoms with van der Waals surface area (Å²) in [5, 5.41) is 7.15. The van der Waals surface area contributed by atoms with E-state index in [1.54, 1.807) is 7.11 Å². The summed E-state index contributed by atoms with van der Waals surface area (Å²) in [6, 6.07) is 0.731. The van der Waals surface area contributed by atoms with Gasteiger partial charge in [-0.15, -0.1) is 0 Å². The van der Waals surface area contributed by atoms with Crippen LogP contribution in [0.2, 0.25) is 0 Å². The van der Waals surface area contributed by atoms with Crippen molar-refractivity contribution in [1.82, 2.24) is 4.90 Å². The molecule has 0 radical (unpaired) electrons. The van der Waals surface area contributed by atoms with Crippen LogP contribution in [0, 0.1) is 5.41 Å². The molecule has 0 aromatic carbocycles. The van der Waals surface area contributed by atoms with Gasteiger partial charge in [-0.1, -0.05) is 0 Å². The SMILES string of the molecule is COCCN(CCC(=N)N)C1CC1. The molecule has 1 saturated carbocycles. The summed E-state index contributed by atoms with van der Waals surface area (Å²) in [6.45, 7) is 2.65. The fraction of sp³-hybridized carbons (Fsp3) is 0.889. The van der Waals surface area contributed by atoms with E-state index in [0.717, 1.165) is 25.7 Å². The van der Waals surface area contributed by atoms with Gasteiger partial charge in [0.15, 0.2) is 0 Å². The Morgan fingerprint density at radius 3 is 2.69 bits per heavy atom. The van der Waals surface area contributed by atoms with Crippen LogP contribution in [0.1, 0.15) is 19.3 Å². The van der Waals surface area contributed by atoms with E-state index >= 15 is 0 Å². The molecule has 0 aromatic rings. The van der Waals surface area contributed by atoms with Crippen molar-refractivity contribution in [3.05, 3.63) is 0 Å². The third-order valence-corrected chi connectivity index (χ3v) is 2.31. The standard InChI is InChI=1S/C9H19N3O/c1-13-7-6-12(8-2-3-8)5-4-9(10)11/h8H,2-7H2,1H3,(H3,10,11). The average molecular weight is 185 g/mol. The van der Waals surface area contributed by atoms with Crippen molar-refractivity contribution in [3.8, 4) is 0 Å². The number of hydrogen-bond donors (Lipinski definition) is 2. The average Bonchev–Trinajstić information content (AvgIpc) is 2.87. The lowest BCUT2D eigenvalue weighted by molar-refractivity contribution is 0.145. The Hall–Kier alpha value is -0.610. The Balaban J connectivity index is 2.17. The van der Waals surface area contributed by atoms with Crippen LogP contribution in [0.15, 0.2) is 0 Å². The fourth-order valence-corrected chi connectivity index (χ4v) is 1.39. The quantitative estimate of drug-likeness (QED) is 0.446. The van der Waals surface area contributed by atoms with E-state index in [0.29, 0.717) is 6.42 Å². The molecule has 0 saturated heterocycles. The Labute approximate surface area is 79.6 Å². The first-order valence-corrected chi connectivity index (χ1v) is 4.80. The second kappa shape index (κ2) is 5.19. The third kappa shape index (κ3) is 4.24. The monoisotopic (exact) mass is 185 g/mol. The molecule has 0 heterocycles. The van der Waals surface area contributed by atoms with Crippen molar-refractivity contribution in [2.45, 2.75) is 25.3 Å². The summed E-state index contributed by atoms with van der Waals surface area (Å²) >= 11 is 0. The van der Waals surface area contributed by atoms with E-state index in [1.807, 2.05) is 0 Å². The van der Waals surface area contributed by atoms with E-state index in [4.69, 9.17) is 15.9 Å². The Kier molecular flexibility index (Phi) is 4.18. The van der Waals surface area contributed by atoms with Gasteiger partial charge in [0.2, 0.25) is 0 Å². The molecule has 0 bridgehead atoms. The van der Waals surface area contributed by atoms with Gasteiger partial charge >= 0.3 is 0 Å². The molecule has 1 aliphatic rings. The largest absolute Gasteiger partial charge is 0.388 e. The van der Waals surface area contributed by atoms with Crippen molar-refractivity contribution in [2.75, 3.05) is 26.8 Å². The van der Waals surface area contributed by atoms with Gasteiger partial charge in [0.05, 0.1) is 12.4 Å². The summed E-state index contributed by atoms with van der Waals surface area (Å²) < 4.78 is 5.03. The maximum absolute atomic E-state index is 7.15. The summed E-state index contributed by atoms with van der Waals surface area (Å²) in [5.74, 6) is 0.281. The maximum atomic E-state index is 7.15. The molecule has 1 fully saturated rings. The van der Waals surface area contributed by atoms with E-state index in [2.05, 4.69) is 4.90 Å². The molecule has 0 spiro atoms. The van der Waals surface area contributed by atoms with E-state index in [-0.39, 0.29) is 5.84 Å². The lowest BCUT2D eigenvalue weighted by atomic mass is 10.3. The number of nitrogens with zero attached hydrogens (tertiary/aromatic N) is 1. The van der Waals surface area contributed by atoms with E-state index in [1.165, 1.54) is 12.8 Å². The second-order valence-corrected chi connectivity index (χ2v) is 3.54. The predicted molar refractivity (Wildman–Crippen MR) is 53.0 cm³/mol. The van der Waals surface area contributed by atoms with Crippen molar-refractivity contribution < 1.29 is 4.74 Å². The Morgan fingerprint density at radius 2 is 2.23 bits per heavy atom. The van der Waals surface area contributed by atoms with Crippen LogP contribution in [-0.4, -0.2) is 43.6 Å². The topological polar surface area (TPSA) is 62.3 Å². The van der Waals surface area contributed by atoms with Crippen LogP contribution in [0.5, 0.6) is 0 Å². The molecule has 4 nitrogen and oxygen atoms in total. The molecule has 0 amide bonds. The number of rotatable bonds is 7. The van der Waals surface area contributed by atoms with Crippen LogP contribution >= 0.6 is 0 Å². The van der Waals surface area contributed by atoms with Gasteiger partial charge < -0.3 is 10.5 Å².